The Morgan fingerprint density at radius 2 is 1.90 bits per heavy atom. The number of anilines is 2. The number of urea groups is 1. The van der Waals surface area contributed by atoms with E-state index in [2.05, 4.69) is 10.0 Å². The number of sulfonamides is 1. The molecule has 0 bridgehead atoms. The highest BCUT2D eigenvalue weighted by Crippen LogP contribution is 2.21. The lowest BCUT2D eigenvalue weighted by Gasteiger charge is -2.15. The number of hydrogen-bond acceptors (Lipinski definition) is 5. The highest BCUT2D eigenvalue weighted by molar-refractivity contribution is 7.92. The number of primary amides is 1. The lowest BCUT2D eigenvalue weighted by molar-refractivity contribution is -0.120. The fourth-order valence-corrected chi connectivity index (χ4v) is 2.24. The second-order valence-electron chi connectivity index (χ2n) is 4.62. The van der Waals surface area contributed by atoms with E-state index < -0.39 is 28.0 Å². The third-order valence-electron chi connectivity index (χ3n) is 2.54. The van der Waals surface area contributed by atoms with Crippen LogP contribution in [0.2, 0.25) is 0 Å². The minimum absolute atomic E-state index is 0.456. The van der Waals surface area contributed by atoms with Crippen molar-refractivity contribution in [3.8, 4) is 0 Å². The number of nitrogens with one attached hydrogen (secondary N) is 3. The summed E-state index contributed by atoms with van der Waals surface area (Å²) in [5.41, 5.74) is 6.62. The molecule has 0 aliphatic rings. The van der Waals surface area contributed by atoms with Crippen LogP contribution in [0.3, 0.4) is 0 Å². The van der Waals surface area contributed by atoms with E-state index in [1.54, 1.807) is 32.0 Å². The molecule has 0 aromatic heterocycles. The zero-order valence-electron chi connectivity index (χ0n) is 11.9. The van der Waals surface area contributed by atoms with E-state index >= 15 is 0 Å². The first kappa shape index (κ1) is 16.8. The minimum Gasteiger partial charge on any atom is -0.374 e. The van der Waals surface area contributed by atoms with Crippen LogP contribution in [0.15, 0.2) is 18.2 Å². The maximum Gasteiger partial charge on any atom is 0.318 e. The fraction of sp³-hybridized carbons (Fsp3) is 0.333. The summed E-state index contributed by atoms with van der Waals surface area (Å²) in [6, 6.07) is 3.29. The SMILES string of the molecule is Cc1cc(N[C@@H](C)C(=O)NC(N)=O)ccc1NS(C)(=O)=O. The van der Waals surface area contributed by atoms with Crippen LogP contribution in [0.25, 0.3) is 0 Å². The molecular formula is C12H18N4O4S. The summed E-state index contributed by atoms with van der Waals surface area (Å²) < 4.78 is 24.8. The van der Waals surface area contributed by atoms with E-state index in [-0.39, 0.29) is 0 Å². The van der Waals surface area contributed by atoms with Crippen LogP contribution < -0.4 is 21.1 Å². The lowest BCUT2D eigenvalue weighted by Crippen LogP contribution is -2.43. The van der Waals surface area contributed by atoms with Gasteiger partial charge in [-0.1, -0.05) is 0 Å². The Balaban J connectivity index is 2.80. The molecule has 1 rings (SSSR count). The van der Waals surface area contributed by atoms with Crippen molar-refractivity contribution in [3.63, 3.8) is 0 Å². The van der Waals surface area contributed by atoms with Gasteiger partial charge in [-0.25, -0.2) is 13.2 Å². The molecule has 21 heavy (non-hydrogen) atoms. The standard InChI is InChI=1S/C12H18N4O4S/c1-7-6-9(4-5-10(7)16-21(3,19)20)14-8(2)11(17)15-12(13)18/h4-6,8,14,16H,1-3H3,(H3,13,15,17,18)/t8-/m0/s1. The van der Waals surface area contributed by atoms with Crippen LogP contribution in [0.5, 0.6) is 0 Å². The minimum atomic E-state index is -3.35. The van der Waals surface area contributed by atoms with E-state index in [9.17, 15) is 18.0 Å². The summed E-state index contributed by atoms with van der Waals surface area (Å²) in [7, 11) is -3.35. The molecule has 116 valence electrons. The number of carbonyl (C=O) groups excluding carboxylic acids is 2. The number of benzene rings is 1. The number of imide groups is 1. The van der Waals surface area contributed by atoms with Crippen LogP contribution >= 0.6 is 0 Å². The first-order valence-electron chi connectivity index (χ1n) is 6.04. The van der Waals surface area contributed by atoms with Crippen LogP contribution in [-0.2, 0) is 14.8 Å². The molecule has 5 N–H and O–H groups in total. The number of hydrogen-bond donors (Lipinski definition) is 4. The molecule has 0 saturated heterocycles. The van der Waals surface area contributed by atoms with E-state index in [1.165, 1.54) is 0 Å². The van der Waals surface area contributed by atoms with E-state index in [4.69, 9.17) is 5.73 Å². The molecular weight excluding hydrogens is 296 g/mol. The van der Waals surface area contributed by atoms with Gasteiger partial charge in [0.2, 0.25) is 15.9 Å². The first-order chi connectivity index (χ1) is 9.58. The second kappa shape index (κ2) is 6.44. The summed E-state index contributed by atoms with van der Waals surface area (Å²) in [4.78, 5) is 22.1. The summed E-state index contributed by atoms with van der Waals surface area (Å²) in [6.07, 6.45) is 1.06. The maximum atomic E-state index is 11.5. The monoisotopic (exact) mass is 314 g/mol. The van der Waals surface area contributed by atoms with Gasteiger partial charge < -0.3 is 11.1 Å². The highest BCUT2D eigenvalue weighted by atomic mass is 32.2. The summed E-state index contributed by atoms with van der Waals surface area (Å²) >= 11 is 0. The number of nitrogens with two attached hydrogens (primary N) is 1. The molecule has 1 aromatic carbocycles. The smallest absolute Gasteiger partial charge is 0.318 e. The average molecular weight is 314 g/mol. The summed E-state index contributed by atoms with van der Waals surface area (Å²) in [5, 5.41) is 4.85. The van der Waals surface area contributed by atoms with Crippen molar-refractivity contribution in [2.24, 2.45) is 5.73 Å². The lowest BCUT2D eigenvalue weighted by atomic mass is 10.1. The maximum absolute atomic E-state index is 11.5. The van der Waals surface area contributed by atoms with Crippen LogP contribution in [0.1, 0.15) is 12.5 Å². The quantitative estimate of drug-likeness (QED) is 0.623. The van der Waals surface area contributed by atoms with Crippen molar-refractivity contribution in [1.82, 2.24) is 5.32 Å². The Labute approximate surface area is 123 Å². The van der Waals surface area contributed by atoms with Gasteiger partial charge in [0.1, 0.15) is 6.04 Å². The molecule has 0 fully saturated rings. The highest BCUT2D eigenvalue weighted by Gasteiger charge is 2.14. The molecule has 8 nitrogen and oxygen atoms in total. The van der Waals surface area contributed by atoms with Gasteiger partial charge in [-0.15, -0.1) is 0 Å². The van der Waals surface area contributed by atoms with Crippen LogP contribution in [0.4, 0.5) is 16.2 Å². The third kappa shape index (κ3) is 5.69. The Kier molecular flexibility index (Phi) is 5.14. The Morgan fingerprint density at radius 1 is 1.29 bits per heavy atom. The average Bonchev–Trinajstić information content (AvgIpc) is 2.30. The van der Waals surface area contributed by atoms with Gasteiger partial charge in [0.25, 0.3) is 0 Å². The third-order valence-corrected chi connectivity index (χ3v) is 3.14. The van der Waals surface area contributed by atoms with Gasteiger partial charge in [0, 0.05) is 5.69 Å². The van der Waals surface area contributed by atoms with Crippen molar-refractivity contribution >= 4 is 33.3 Å². The molecule has 0 radical (unpaired) electrons. The van der Waals surface area contributed by atoms with Crippen molar-refractivity contribution in [2.45, 2.75) is 19.9 Å². The van der Waals surface area contributed by atoms with Crippen molar-refractivity contribution in [3.05, 3.63) is 23.8 Å². The molecule has 9 heteroatoms. The fourth-order valence-electron chi connectivity index (χ4n) is 1.61. The molecule has 0 saturated carbocycles. The Morgan fingerprint density at radius 3 is 2.38 bits per heavy atom. The van der Waals surface area contributed by atoms with Crippen molar-refractivity contribution in [2.75, 3.05) is 16.3 Å². The Hall–Kier alpha value is -2.29. The van der Waals surface area contributed by atoms with E-state index in [1.807, 2.05) is 5.32 Å². The van der Waals surface area contributed by atoms with Gasteiger partial charge in [0.15, 0.2) is 0 Å². The molecule has 1 atom stereocenters. The van der Waals surface area contributed by atoms with Gasteiger partial charge in [-0.3, -0.25) is 14.8 Å². The normalized spacial score (nSPS) is 12.3. The number of amides is 3. The molecule has 0 aliphatic carbocycles. The number of rotatable bonds is 5. The molecule has 3 amide bonds. The molecule has 0 spiro atoms. The molecule has 1 aromatic rings. The van der Waals surface area contributed by atoms with Gasteiger partial charge in [-0.05, 0) is 37.6 Å². The van der Waals surface area contributed by atoms with E-state index in [0.717, 1.165) is 6.26 Å². The molecule has 0 unspecified atom stereocenters. The zero-order chi connectivity index (χ0) is 16.2. The van der Waals surface area contributed by atoms with Crippen molar-refractivity contribution < 1.29 is 18.0 Å². The first-order valence-corrected chi connectivity index (χ1v) is 7.93. The molecule has 0 heterocycles. The van der Waals surface area contributed by atoms with Gasteiger partial charge >= 0.3 is 6.03 Å². The van der Waals surface area contributed by atoms with Gasteiger partial charge in [0.05, 0.1) is 11.9 Å². The topological polar surface area (TPSA) is 130 Å². The number of carbonyl (C=O) groups is 2. The largest absolute Gasteiger partial charge is 0.374 e. The Bertz CT molecular complexity index is 657. The number of aryl methyl sites for hydroxylation is 1. The van der Waals surface area contributed by atoms with E-state index in [0.29, 0.717) is 16.9 Å². The zero-order valence-corrected chi connectivity index (χ0v) is 12.7. The van der Waals surface area contributed by atoms with Crippen molar-refractivity contribution in [1.29, 1.82) is 0 Å². The summed E-state index contributed by atoms with van der Waals surface area (Å²) in [5.74, 6) is -0.557. The summed E-state index contributed by atoms with van der Waals surface area (Å²) in [6.45, 7) is 3.29. The van der Waals surface area contributed by atoms with Crippen LogP contribution in [0, 0.1) is 6.92 Å². The van der Waals surface area contributed by atoms with Gasteiger partial charge in [-0.2, -0.15) is 0 Å². The van der Waals surface area contributed by atoms with Crippen LogP contribution in [-0.4, -0.2) is 32.7 Å². The predicted molar refractivity (Wildman–Crippen MR) is 80.5 cm³/mol. The second-order valence-corrected chi connectivity index (χ2v) is 6.37. The molecule has 0 aliphatic heterocycles. The predicted octanol–water partition coefficient (Wildman–Crippen LogP) is 0.362.